The monoisotopic (exact) mass is 566 g/mol. The van der Waals surface area contributed by atoms with Crippen LogP contribution in [0.4, 0.5) is 0 Å². The molecule has 0 N–H and O–H groups in total. The van der Waals surface area contributed by atoms with Gasteiger partial charge in [-0.3, -0.25) is 0 Å². The Balaban J connectivity index is 4.74. The number of ether oxygens (including phenoxy) is 1. The average molecular weight is 567 g/mol. The summed E-state index contributed by atoms with van der Waals surface area (Å²) in [6.07, 6.45) is 43.6. The van der Waals surface area contributed by atoms with E-state index in [1.807, 2.05) is 0 Å². The van der Waals surface area contributed by atoms with E-state index in [0.29, 0.717) is 0 Å². The number of rotatable bonds is 17. The lowest BCUT2D eigenvalue weighted by Gasteiger charge is -2.22. The largest absolute Gasteiger partial charge is 0.379 e. The van der Waals surface area contributed by atoms with Gasteiger partial charge < -0.3 is 4.74 Å². The molecule has 0 aromatic heterocycles. The number of hydrogen-bond donors (Lipinski definition) is 0. The van der Waals surface area contributed by atoms with E-state index < -0.39 is 0 Å². The van der Waals surface area contributed by atoms with E-state index >= 15 is 0 Å². The van der Waals surface area contributed by atoms with Gasteiger partial charge in [-0.25, -0.2) is 0 Å². The van der Waals surface area contributed by atoms with Crippen LogP contribution in [-0.2, 0) is 4.74 Å². The lowest BCUT2D eigenvalue weighted by atomic mass is 9.99. The Labute approximate surface area is 259 Å². The number of hydrogen-bond acceptors (Lipinski definition) is 1. The van der Waals surface area contributed by atoms with Gasteiger partial charge in [-0.1, -0.05) is 154 Å². The topological polar surface area (TPSA) is 9.23 Å². The summed E-state index contributed by atoms with van der Waals surface area (Å²) in [6.45, 7) is 21.3. The van der Waals surface area contributed by atoms with Crippen molar-refractivity contribution in [1.29, 1.82) is 0 Å². The van der Waals surface area contributed by atoms with Gasteiger partial charge in [0.05, 0.1) is 5.60 Å². The van der Waals surface area contributed by atoms with Crippen molar-refractivity contribution in [2.75, 3.05) is 7.11 Å². The van der Waals surface area contributed by atoms with Crippen molar-refractivity contribution in [1.82, 2.24) is 0 Å². The summed E-state index contributed by atoms with van der Waals surface area (Å²) in [5, 5.41) is 0. The fourth-order valence-electron chi connectivity index (χ4n) is 3.48. The predicted octanol–water partition coefficient (Wildman–Crippen LogP) is 12.6. The molecule has 0 atom stereocenters. The van der Waals surface area contributed by atoms with Crippen LogP contribution in [0, 0.1) is 0 Å². The first-order valence-corrected chi connectivity index (χ1v) is 15.1. The molecule has 0 saturated heterocycles. The van der Waals surface area contributed by atoms with Gasteiger partial charge in [0.2, 0.25) is 0 Å². The second-order valence-corrected chi connectivity index (χ2v) is 11.8. The minimum Gasteiger partial charge on any atom is -0.379 e. The highest BCUT2D eigenvalue weighted by atomic mass is 16.5. The van der Waals surface area contributed by atoms with Crippen LogP contribution in [0.15, 0.2) is 154 Å². The first-order valence-electron chi connectivity index (χ1n) is 15.1. The first kappa shape index (κ1) is 38.6. The quantitative estimate of drug-likeness (QED) is 0.159. The summed E-state index contributed by atoms with van der Waals surface area (Å²) < 4.78 is 5.50. The van der Waals surface area contributed by atoms with Crippen molar-refractivity contribution in [3.05, 3.63) is 154 Å². The van der Waals surface area contributed by atoms with Gasteiger partial charge in [0, 0.05) is 7.11 Å². The van der Waals surface area contributed by atoms with Crippen LogP contribution in [0.3, 0.4) is 0 Å². The van der Waals surface area contributed by atoms with E-state index in [-0.39, 0.29) is 5.60 Å². The molecular weight excluding hydrogens is 508 g/mol. The van der Waals surface area contributed by atoms with Crippen molar-refractivity contribution in [3.63, 3.8) is 0 Å². The van der Waals surface area contributed by atoms with Gasteiger partial charge in [-0.05, 0) is 88.5 Å². The van der Waals surface area contributed by atoms with Crippen molar-refractivity contribution in [2.24, 2.45) is 0 Å². The van der Waals surface area contributed by atoms with Crippen LogP contribution in [0.5, 0.6) is 0 Å². The molecular formula is C41H58O. The molecule has 0 heterocycles. The highest BCUT2D eigenvalue weighted by Crippen LogP contribution is 2.18. The van der Waals surface area contributed by atoms with E-state index in [9.17, 15) is 0 Å². The van der Waals surface area contributed by atoms with Crippen LogP contribution >= 0.6 is 0 Å². The molecule has 1 heteroatoms. The molecule has 0 unspecified atom stereocenters. The highest BCUT2D eigenvalue weighted by Gasteiger charge is 2.14. The van der Waals surface area contributed by atoms with Crippen molar-refractivity contribution < 1.29 is 4.74 Å². The Hall–Kier alpha value is -3.42. The molecule has 0 amide bonds. The smallest absolute Gasteiger partial charge is 0.0622 e. The maximum atomic E-state index is 5.50. The van der Waals surface area contributed by atoms with Crippen molar-refractivity contribution in [3.8, 4) is 0 Å². The minimum absolute atomic E-state index is 0.0344. The van der Waals surface area contributed by atoms with E-state index in [0.717, 1.165) is 19.3 Å². The highest BCUT2D eigenvalue weighted by molar-refractivity contribution is 5.33. The molecule has 0 aromatic rings. The Bertz CT molecular complexity index is 1200. The van der Waals surface area contributed by atoms with Gasteiger partial charge in [-0.2, -0.15) is 0 Å². The Morgan fingerprint density at radius 1 is 0.476 bits per heavy atom. The van der Waals surface area contributed by atoms with Gasteiger partial charge in [0.15, 0.2) is 0 Å². The second-order valence-electron chi connectivity index (χ2n) is 11.8. The molecule has 0 spiro atoms. The Morgan fingerprint density at radius 2 is 0.810 bits per heavy atom. The van der Waals surface area contributed by atoms with E-state index in [1.54, 1.807) is 7.11 Å². The Kier molecular flexibility index (Phi) is 21.3. The molecule has 0 bridgehead atoms. The zero-order valence-electron chi connectivity index (χ0n) is 28.5. The van der Waals surface area contributed by atoms with Gasteiger partial charge >= 0.3 is 0 Å². The average Bonchev–Trinajstić information content (AvgIpc) is 2.91. The lowest BCUT2D eigenvalue weighted by molar-refractivity contribution is 0.0140. The molecule has 228 valence electrons. The third-order valence-corrected chi connectivity index (χ3v) is 6.42. The zero-order chi connectivity index (χ0) is 31.8. The molecule has 0 fully saturated rings. The fraction of sp³-hybridized carbons (Fsp3) is 0.366. The standard InChI is InChI=1S/C41H58O/c1-34(2)20-14-23-37(5)26-17-29-38(6)27-15-24-35(3)21-12-13-22-36(4)25-16-28-39(7)30-18-31-40(8)32-19-33-41(9,10)42-11/h12-18,20-31H,19,32-33H2,1-11H3. The third kappa shape index (κ3) is 24.4. The Morgan fingerprint density at radius 3 is 1.17 bits per heavy atom. The summed E-state index contributed by atoms with van der Waals surface area (Å²) in [6, 6.07) is 0. The molecule has 0 radical (unpaired) electrons. The van der Waals surface area contributed by atoms with Gasteiger partial charge in [0.25, 0.3) is 0 Å². The second kappa shape index (κ2) is 23.2. The number of methoxy groups -OCH3 is 1. The summed E-state index contributed by atoms with van der Waals surface area (Å²) in [7, 11) is 1.79. The van der Waals surface area contributed by atoms with Crippen LogP contribution in [0.2, 0.25) is 0 Å². The van der Waals surface area contributed by atoms with Crippen LogP contribution in [-0.4, -0.2) is 12.7 Å². The summed E-state index contributed by atoms with van der Waals surface area (Å²) in [5.74, 6) is 0. The first-order chi connectivity index (χ1) is 19.8. The van der Waals surface area contributed by atoms with Gasteiger partial charge in [-0.15, -0.1) is 0 Å². The predicted molar refractivity (Wildman–Crippen MR) is 192 cm³/mol. The van der Waals surface area contributed by atoms with Gasteiger partial charge in [0.1, 0.15) is 0 Å². The lowest BCUT2D eigenvalue weighted by Crippen LogP contribution is -2.21. The summed E-state index contributed by atoms with van der Waals surface area (Å²) >= 11 is 0. The minimum atomic E-state index is -0.0344. The molecule has 1 nitrogen and oxygen atoms in total. The van der Waals surface area contributed by atoms with Crippen LogP contribution in [0.25, 0.3) is 0 Å². The molecule has 0 saturated carbocycles. The molecule has 0 rings (SSSR count). The van der Waals surface area contributed by atoms with Crippen molar-refractivity contribution in [2.45, 2.75) is 94.1 Å². The number of allylic oxidation sites excluding steroid dienone is 26. The molecule has 0 aliphatic rings. The van der Waals surface area contributed by atoms with Crippen LogP contribution in [0.1, 0.15) is 88.5 Å². The van der Waals surface area contributed by atoms with Crippen LogP contribution < -0.4 is 0 Å². The normalized spacial score (nSPS) is 15.7. The maximum Gasteiger partial charge on any atom is 0.0622 e. The summed E-state index contributed by atoms with van der Waals surface area (Å²) in [5.41, 5.74) is 8.73. The molecule has 0 aliphatic heterocycles. The SMILES string of the molecule is COC(C)(C)CCCC(C)=CC=CC(C)=CC=CC(C)=CC=CC=C(C)C=CC=C(C)C=CC=C(C)C=CC=C(C)C. The molecule has 0 aromatic carbocycles. The third-order valence-electron chi connectivity index (χ3n) is 6.42. The zero-order valence-corrected chi connectivity index (χ0v) is 28.5. The molecule has 0 aliphatic carbocycles. The summed E-state index contributed by atoms with van der Waals surface area (Å²) in [4.78, 5) is 0. The maximum absolute atomic E-state index is 5.50. The molecule has 42 heavy (non-hydrogen) atoms. The van der Waals surface area contributed by atoms with E-state index in [2.05, 4.69) is 185 Å². The van der Waals surface area contributed by atoms with E-state index in [1.165, 1.54) is 39.0 Å². The fourth-order valence-corrected chi connectivity index (χ4v) is 3.48. The van der Waals surface area contributed by atoms with Crippen molar-refractivity contribution >= 4 is 0 Å². The van der Waals surface area contributed by atoms with E-state index in [4.69, 9.17) is 4.74 Å².